The number of hydrogen-bond donors (Lipinski definition) is 2. The van der Waals surface area contributed by atoms with Crippen LogP contribution in [-0.4, -0.2) is 43.0 Å². The quantitative estimate of drug-likeness (QED) is 0.203. The minimum absolute atomic E-state index is 0.466. The van der Waals surface area contributed by atoms with Crippen LogP contribution in [0.5, 0.6) is 5.75 Å². The monoisotopic (exact) mass is 408 g/mol. The van der Waals surface area contributed by atoms with E-state index in [1.54, 1.807) is 6.07 Å². The Hall–Kier alpha value is -2.13. The number of hydrogen-bond acceptors (Lipinski definition) is 3. The number of fused-ring (bicyclic) bond motifs is 4. The summed E-state index contributed by atoms with van der Waals surface area (Å²) in [7, 11) is -2.57. The van der Waals surface area contributed by atoms with E-state index in [9.17, 15) is 0 Å². The molecule has 0 saturated carbocycles. The van der Waals surface area contributed by atoms with Crippen LogP contribution in [0.25, 0.3) is 32.3 Å². The molecule has 0 spiro atoms. The molecule has 5 heteroatoms. The molecule has 0 unspecified atom stereocenters. The molecule has 0 aromatic heterocycles. The van der Waals surface area contributed by atoms with E-state index in [1.165, 1.54) is 5.39 Å². The van der Waals surface area contributed by atoms with Gasteiger partial charge in [0.2, 0.25) is 0 Å². The van der Waals surface area contributed by atoms with Gasteiger partial charge in [-0.05, 0) is 45.1 Å². The van der Waals surface area contributed by atoms with E-state index in [2.05, 4.69) is 64.2 Å². The van der Waals surface area contributed by atoms with E-state index in [1.807, 2.05) is 30.3 Å². The molecule has 4 aromatic carbocycles. The number of rotatable bonds is 3. The molecule has 152 valence electrons. The zero-order valence-electron chi connectivity index (χ0n) is 17.8. The first-order valence-electron chi connectivity index (χ1n) is 10.0. The van der Waals surface area contributed by atoms with Gasteiger partial charge >= 0.3 is 54.1 Å². The largest absolute Gasteiger partial charge is 0.707 e. The third-order valence-corrected chi connectivity index (χ3v) is 9.12. The molecule has 3 nitrogen and oxygen atoms in total. The molecule has 0 aliphatic rings. The van der Waals surface area contributed by atoms with Gasteiger partial charge in [0.15, 0.2) is 0 Å². The Morgan fingerprint density at radius 1 is 0.759 bits per heavy atom. The van der Waals surface area contributed by atoms with Crippen molar-refractivity contribution in [2.45, 2.75) is 19.5 Å². The van der Waals surface area contributed by atoms with Crippen LogP contribution in [0.1, 0.15) is 13.8 Å². The van der Waals surface area contributed by atoms with Crippen LogP contribution < -0.4 is 4.65 Å². The summed E-state index contributed by atoms with van der Waals surface area (Å²) in [4.78, 5) is 0. The second-order valence-electron chi connectivity index (χ2n) is 8.81. The molecule has 0 fully saturated rings. The molecule has 4 aromatic rings. The van der Waals surface area contributed by atoms with E-state index in [4.69, 9.17) is 14.7 Å². The molecule has 4 rings (SSSR count). The Balaban J connectivity index is 0.000000298. The molecule has 0 aliphatic carbocycles. The van der Waals surface area contributed by atoms with Crippen molar-refractivity contribution in [3.8, 4) is 5.75 Å². The summed E-state index contributed by atoms with van der Waals surface area (Å²) in [6, 6.07) is 22.1. The van der Waals surface area contributed by atoms with Crippen LogP contribution in [0.3, 0.4) is 0 Å². The van der Waals surface area contributed by atoms with Crippen molar-refractivity contribution in [2.24, 2.45) is 0 Å². The van der Waals surface area contributed by atoms with Gasteiger partial charge < -0.3 is 14.7 Å². The SMILES string of the molecule is CC(C)[PH](C)(C)C.OB(O)Oc1cccc2ccc3cc4ccccc4cc3c12. The summed E-state index contributed by atoms with van der Waals surface area (Å²) in [6.45, 7) is 11.8. The number of benzene rings is 4. The van der Waals surface area contributed by atoms with Crippen molar-refractivity contribution < 1.29 is 14.7 Å². The van der Waals surface area contributed by atoms with Crippen molar-refractivity contribution in [1.29, 1.82) is 0 Å². The van der Waals surface area contributed by atoms with Crippen molar-refractivity contribution in [3.05, 3.63) is 66.7 Å². The molecule has 0 heterocycles. The predicted molar refractivity (Wildman–Crippen MR) is 131 cm³/mol. The van der Waals surface area contributed by atoms with E-state index in [-0.39, 0.29) is 0 Å². The maximum Gasteiger partial charge on any atom is 0.707 e. The average molecular weight is 408 g/mol. The molecule has 0 radical (unpaired) electrons. The van der Waals surface area contributed by atoms with Crippen molar-refractivity contribution >= 4 is 46.9 Å². The summed E-state index contributed by atoms with van der Waals surface area (Å²) in [5.74, 6) is 0.466. The Labute approximate surface area is 173 Å². The molecule has 0 bridgehead atoms. The fourth-order valence-electron chi connectivity index (χ4n) is 2.98. The summed E-state index contributed by atoms with van der Waals surface area (Å²) in [5, 5.41) is 24.6. The Bertz CT molecular complexity index is 1130. The van der Waals surface area contributed by atoms with Crippen LogP contribution in [0.15, 0.2) is 66.7 Å². The second kappa shape index (κ2) is 8.71. The summed E-state index contributed by atoms with van der Waals surface area (Å²) < 4.78 is 5.16. The first kappa shape index (κ1) is 21.6. The van der Waals surface area contributed by atoms with Gasteiger partial charge in [-0.25, -0.2) is 0 Å². The van der Waals surface area contributed by atoms with Crippen molar-refractivity contribution in [1.82, 2.24) is 0 Å². The summed E-state index contributed by atoms with van der Waals surface area (Å²) >= 11 is 0. The van der Waals surface area contributed by atoms with Crippen LogP contribution >= 0.6 is 7.26 Å². The molecule has 29 heavy (non-hydrogen) atoms. The third kappa shape index (κ3) is 5.08. The maximum absolute atomic E-state index is 9.14. The van der Waals surface area contributed by atoms with Crippen LogP contribution in [0.4, 0.5) is 0 Å². The Morgan fingerprint density at radius 3 is 1.90 bits per heavy atom. The molecule has 0 aliphatic heterocycles. The van der Waals surface area contributed by atoms with E-state index >= 15 is 0 Å². The minimum atomic E-state index is -1.83. The Kier molecular flexibility index (Phi) is 6.48. The fourth-order valence-corrected chi connectivity index (χ4v) is 2.98. The van der Waals surface area contributed by atoms with Crippen molar-refractivity contribution in [3.63, 3.8) is 0 Å². The fraction of sp³-hybridized carbons (Fsp3) is 0.250. The normalized spacial score (nSPS) is 12.1. The molecular formula is C24H30BO3P. The first-order chi connectivity index (χ1) is 13.7. The topological polar surface area (TPSA) is 49.7 Å². The van der Waals surface area contributed by atoms with Gasteiger partial charge in [0.05, 0.1) is 0 Å². The Morgan fingerprint density at radius 2 is 1.31 bits per heavy atom. The second-order valence-corrected chi connectivity index (χ2v) is 14.7. The smallest absolute Gasteiger partial charge is 0.511 e. The predicted octanol–water partition coefficient (Wildman–Crippen LogP) is 5.53. The van der Waals surface area contributed by atoms with Crippen LogP contribution in [-0.2, 0) is 0 Å². The van der Waals surface area contributed by atoms with Gasteiger partial charge in [-0.3, -0.25) is 0 Å². The van der Waals surface area contributed by atoms with Gasteiger partial charge in [0.25, 0.3) is 0 Å². The first-order valence-corrected chi connectivity index (χ1v) is 13.6. The zero-order chi connectivity index (χ0) is 21.2. The van der Waals surface area contributed by atoms with Gasteiger partial charge in [-0.2, -0.15) is 0 Å². The van der Waals surface area contributed by atoms with Gasteiger partial charge in [-0.1, -0.05) is 48.5 Å². The molecular weight excluding hydrogens is 378 g/mol. The molecule has 0 saturated heterocycles. The van der Waals surface area contributed by atoms with Gasteiger partial charge in [0, 0.05) is 5.39 Å². The van der Waals surface area contributed by atoms with Crippen molar-refractivity contribution in [2.75, 3.05) is 20.0 Å². The minimum Gasteiger partial charge on any atom is -0.511 e. The van der Waals surface area contributed by atoms with E-state index < -0.39 is 14.6 Å². The zero-order valence-corrected chi connectivity index (χ0v) is 18.8. The standard InChI is InChI=1S/C18H13BO3.C6H17P/c20-19(21)22-17-7-3-6-12-8-9-15-10-13-4-1-2-5-14(13)11-16(15)18(12)17;1-6(2)7(3,4)5/h1-11,20-21H;6-7H,1-5H3. The van der Waals surface area contributed by atoms with Crippen LogP contribution in [0, 0.1) is 0 Å². The van der Waals surface area contributed by atoms with E-state index in [0.717, 1.165) is 32.6 Å². The third-order valence-electron chi connectivity index (χ3n) is 5.65. The molecule has 0 atom stereocenters. The summed E-state index contributed by atoms with van der Waals surface area (Å²) in [5.41, 5.74) is 0.937. The molecule has 0 amide bonds. The maximum atomic E-state index is 9.14. The van der Waals surface area contributed by atoms with Crippen LogP contribution in [0.2, 0.25) is 0 Å². The summed E-state index contributed by atoms with van der Waals surface area (Å²) in [6.07, 6.45) is 0. The van der Waals surface area contributed by atoms with Gasteiger partial charge in [0.1, 0.15) is 5.75 Å². The average Bonchev–Trinajstić information content (AvgIpc) is 2.65. The van der Waals surface area contributed by atoms with Gasteiger partial charge in [-0.15, -0.1) is 0 Å². The van der Waals surface area contributed by atoms with E-state index in [0.29, 0.717) is 5.75 Å². The molecule has 2 N–H and O–H groups in total.